The number of hydrogen-bond donors (Lipinski definition) is 1. The number of methoxy groups -OCH3 is 1. The molecule has 1 aromatic rings. The number of aliphatic hydroxyl groups is 1. The Balaban J connectivity index is 2.31. The first-order valence-corrected chi connectivity index (χ1v) is 7.82. The summed E-state index contributed by atoms with van der Waals surface area (Å²) < 4.78 is 18.4. The van der Waals surface area contributed by atoms with Gasteiger partial charge in [0.1, 0.15) is 11.7 Å². The van der Waals surface area contributed by atoms with E-state index in [1.807, 2.05) is 19.9 Å². The fourth-order valence-corrected chi connectivity index (χ4v) is 3.40. The summed E-state index contributed by atoms with van der Waals surface area (Å²) in [6.45, 7) is 8.17. The van der Waals surface area contributed by atoms with Crippen LogP contribution in [0.5, 0.6) is 11.5 Å². The van der Waals surface area contributed by atoms with E-state index in [-0.39, 0.29) is 23.9 Å². The first-order chi connectivity index (χ1) is 9.68. The average Bonchev–Trinajstić information content (AvgIpc) is 2.59. The second kappa shape index (κ2) is 5.78. The van der Waals surface area contributed by atoms with Crippen LogP contribution < -0.4 is 9.47 Å². The van der Waals surface area contributed by atoms with Gasteiger partial charge in [0, 0.05) is 6.42 Å². The molecule has 1 saturated heterocycles. The number of halogens is 1. The highest BCUT2D eigenvalue weighted by Crippen LogP contribution is 2.44. The van der Waals surface area contributed by atoms with E-state index in [4.69, 9.17) is 14.2 Å². The zero-order valence-corrected chi connectivity index (χ0v) is 14.8. The monoisotopic (exact) mass is 358 g/mol. The highest BCUT2D eigenvalue weighted by atomic mass is 79.9. The molecule has 1 aromatic carbocycles. The number of aliphatic hydroxyl groups excluding tert-OH is 1. The van der Waals surface area contributed by atoms with Crippen molar-refractivity contribution in [1.82, 2.24) is 0 Å². The largest absolute Gasteiger partial charge is 0.493 e. The molecule has 0 bridgehead atoms. The first kappa shape index (κ1) is 16.6. The van der Waals surface area contributed by atoms with Gasteiger partial charge in [-0.3, -0.25) is 0 Å². The molecule has 1 unspecified atom stereocenters. The summed E-state index contributed by atoms with van der Waals surface area (Å²) in [5.74, 6) is 1.25. The van der Waals surface area contributed by atoms with Crippen molar-refractivity contribution in [2.45, 2.75) is 58.0 Å². The summed E-state index contributed by atoms with van der Waals surface area (Å²) in [5, 5.41) is 9.27. The maximum atomic E-state index is 9.27. The Bertz CT molecular complexity index is 525. The molecule has 5 heteroatoms. The molecule has 1 fully saturated rings. The molecule has 1 atom stereocenters. The van der Waals surface area contributed by atoms with Gasteiger partial charge >= 0.3 is 0 Å². The van der Waals surface area contributed by atoms with E-state index in [9.17, 15) is 5.11 Å². The van der Waals surface area contributed by atoms with Crippen molar-refractivity contribution in [2.24, 2.45) is 0 Å². The molecule has 1 aliphatic rings. The van der Waals surface area contributed by atoms with Gasteiger partial charge in [-0.1, -0.05) is 0 Å². The maximum Gasteiger partial charge on any atom is 0.175 e. The van der Waals surface area contributed by atoms with E-state index in [0.717, 1.165) is 16.5 Å². The Morgan fingerprint density at radius 3 is 2.48 bits per heavy atom. The predicted octanol–water partition coefficient (Wildman–Crippen LogP) is 3.67. The van der Waals surface area contributed by atoms with Crippen LogP contribution >= 0.6 is 15.9 Å². The molecule has 0 saturated carbocycles. The van der Waals surface area contributed by atoms with Gasteiger partial charge in [0.25, 0.3) is 0 Å². The lowest BCUT2D eigenvalue weighted by Crippen LogP contribution is -2.36. The smallest absolute Gasteiger partial charge is 0.175 e. The third kappa shape index (κ3) is 3.52. The van der Waals surface area contributed by atoms with Gasteiger partial charge in [0.05, 0.1) is 23.8 Å². The molecule has 0 aliphatic carbocycles. The predicted molar refractivity (Wildman–Crippen MR) is 84.9 cm³/mol. The molecule has 1 N–H and O–H groups in total. The highest BCUT2D eigenvalue weighted by molar-refractivity contribution is 9.10. The van der Waals surface area contributed by atoms with Crippen molar-refractivity contribution in [3.8, 4) is 11.5 Å². The van der Waals surface area contributed by atoms with Crippen LogP contribution in [0.4, 0.5) is 0 Å². The lowest BCUT2D eigenvalue weighted by atomic mass is 9.97. The van der Waals surface area contributed by atoms with Gasteiger partial charge in [0.2, 0.25) is 0 Å². The molecule has 21 heavy (non-hydrogen) atoms. The van der Waals surface area contributed by atoms with Crippen LogP contribution in [0.2, 0.25) is 0 Å². The highest BCUT2D eigenvalue weighted by Gasteiger charge is 2.47. The van der Waals surface area contributed by atoms with E-state index in [2.05, 4.69) is 29.8 Å². The van der Waals surface area contributed by atoms with Crippen LogP contribution in [-0.4, -0.2) is 29.5 Å². The lowest BCUT2D eigenvalue weighted by Gasteiger charge is -2.28. The third-order valence-corrected chi connectivity index (χ3v) is 4.31. The average molecular weight is 359 g/mol. The summed E-state index contributed by atoms with van der Waals surface area (Å²) >= 11 is 3.50. The Kier molecular flexibility index (Phi) is 4.57. The Labute approximate surface area is 134 Å². The van der Waals surface area contributed by atoms with Crippen LogP contribution in [0.25, 0.3) is 0 Å². The van der Waals surface area contributed by atoms with Gasteiger partial charge in [-0.05, 0) is 61.3 Å². The van der Waals surface area contributed by atoms with Crippen molar-refractivity contribution in [3.63, 3.8) is 0 Å². The summed E-state index contributed by atoms with van der Waals surface area (Å²) in [6.07, 6.45) is 0.731. The molecule has 1 heterocycles. The van der Waals surface area contributed by atoms with Gasteiger partial charge in [-0.15, -0.1) is 0 Å². The number of ether oxygens (including phenoxy) is 3. The summed E-state index contributed by atoms with van der Waals surface area (Å²) in [4.78, 5) is 0. The molecule has 0 radical (unpaired) electrons. The van der Waals surface area contributed by atoms with Crippen LogP contribution in [0.1, 0.15) is 39.7 Å². The molecule has 118 valence electrons. The molecule has 1 aliphatic heterocycles. The normalized spacial score (nSPS) is 23.1. The van der Waals surface area contributed by atoms with Crippen molar-refractivity contribution in [1.29, 1.82) is 0 Å². The van der Waals surface area contributed by atoms with Crippen LogP contribution in [0, 0.1) is 0 Å². The van der Waals surface area contributed by atoms with Crippen molar-refractivity contribution < 1.29 is 19.3 Å². The van der Waals surface area contributed by atoms with E-state index < -0.39 is 0 Å². The van der Waals surface area contributed by atoms with Crippen LogP contribution in [0.15, 0.2) is 16.6 Å². The zero-order chi connectivity index (χ0) is 15.8. The van der Waals surface area contributed by atoms with E-state index in [1.165, 1.54) is 0 Å². The summed E-state index contributed by atoms with van der Waals surface area (Å²) in [6, 6.07) is 3.62. The van der Waals surface area contributed by atoms with Crippen LogP contribution in [-0.2, 0) is 11.3 Å². The second-order valence-electron chi connectivity index (χ2n) is 6.54. The number of hydrogen-bond acceptors (Lipinski definition) is 4. The lowest BCUT2D eigenvalue weighted by molar-refractivity contribution is -0.0848. The Morgan fingerprint density at radius 2 is 2.00 bits per heavy atom. The molecular formula is C16H23BrO4. The van der Waals surface area contributed by atoms with Gasteiger partial charge in [-0.25, -0.2) is 0 Å². The fourth-order valence-electron chi connectivity index (χ4n) is 2.82. The quantitative estimate of drug-likeness (QED) is 0.891. The Morgan fingerprint density at radius 1 is 1.33 bits per heavy atom. The molecule has 2 rings (SSSR count). The third-order valence-electron chi connectivity index (χ3n) is 3.72. The molecule has 0 amide bonds. The van der Waals surface area contributed by atoms with E-state index in [0.29, 0.717) is 11.5 Å². The number of benzene rings is 1. The molecular weight excluding hydrogens is 336 g/mol. The van der Waals surface area contributed by atoms with Crippen molar-refractivity contribution in [2.75, 3.05) is 7.11 Å². The van der Waals surface area contributed by atoms with Crippen molar-refractivity contribution in [3.05, 3.63) is 22.2 Å². The maximum absolute atomic E-state index is 9.27. The molecule has 4 nitrogen and oxygen atoms in total. The summed E-state index contributed by atoms with van der Waals surface area (Å²) in [5.41, 5.74) is 0.191. The van der Waals surface area contributed by atoms with Gasteiger partial charge in [-0.2, -0.15) is 0 Å². The second-order valence-corrected chi connectivity index (χ2v) is 7.40. The van der Waals surface area contributed by atoms with Gasteiger partial charge < -0.3 is 19.3 Å². The van der Waals surface area contributed by atoms with E-state index in [1.54, 1.807) is 13.2 Å². The fraction of sp³-hybridized carbons (Fsp3) is 0.625. The van der Waals surface area contributed by atoms with Crippen molar-refractivity contribution >= 4 is 15.9 Å². The van der Waals surface area contributed by atoms with Gasteiger partial charge in [0.15, 0.2) is 11.5 Å². The minimum absolute atomic E-state index is 0.0414. The number of rotatable bonds is 4. The minimum atomic E-state index is -0.371. The molecule has 0 spiro atoms. The standard InChI is InChI=1S/C16H23BrO4/c1-15(2)8-13(16(3,4)21-15)20-14-11(17)6-10(9-18)7-12(14)19-5/h6-7,13,18H,8-9H2,1-5H3. The zero-order valence-electron chi connectivity index (χ0n) is 13.2. The SMILES string of the molecule is COc1cc(CO)cc(Br)c1OC1CC(C)(C)OC1(C)C. The van der Waals surface area contributed by atoms with Crippen LogP contribution in [0.3, 0.4) is 0 Å². The Hall–Kier alpha value is -0.780. The summed E-state index contributed by atoms with van der Waals surface area (Å²) in [7, 11) is 1.59. The molecule has 0 aromatic heterocycles. The first-order valence-electron chi connectivity index (χ1n) is 7.02. The van der Waals surface area contributed by atoms with E-state index >= 15 is 0 Å². The minimum Gasteiger partial charge on any atom is -0.493 e. The topological polar surface area (TPSA) is 47.9 Å².